The van der Waals surface area contributed by atoms with Crippen molar-refractivity contribution in [2.75, 3.05) is 19.6 Å². The molecule has 1 N–H and O–H groups in total. The van der Waals surface area contributed by atoms with Crippen LogP contribution in [0.2, 0.25) is 0 Å². The zero-order chi connectivity index (χ0) is 19.5. The standard InChI is InChI=1S/C20H27N7O/c1-15(28)21-8-10-27-20-18(6-3-7-22-20)19(24-27)17-5-4-9-26(14-17)13-16-11-23-25(2)12-16/h3,6-7,11-12,17H,4-5,8-10,13-14H2,1-2H3,(H,21,28). The maximum absolute atomic E-state index is 11.2. The number of pyridine rings is 1. The molecule has 0 radical (unpaired) electrons. The van der Waals surface area contributed by atoms with Gasteiger partial charge in [0.05, 0.1) is 18.4 Å². The maximum atomic E-state index is 11.2. The predicted octanol–water partition coefficient (Wildman–Crippen LogP) is 1.68. The molecule has 4 heterocycles. The molecule has 1 amide bonds. The summed E-state index contributed by atoms with van der Waals surface area (Å²) in [7, 11) is 1.95. The number of nitrogens with zero attached hydrogens (tertiary/aromatic N) is 6. The van der Waals surface area contributed by atoms with Crippen LogP contribution in [0.15, 0.2) is 30.7 Å². The molecule has 1 unspecified atom stereocenters. The van der Waals surface area contributed by atoms with E-state index in [9.17, 15) is 4.79 Å². The van der Waals surface area contributed by atoms with Crippen molar-refractivity contribution in [3.63, 3.8) is 0 Å². The van der Waals surface area contributed by atoms with E-state index in [4.69, 9.17) is 5.10 Å². The smallest absolute Gasteiger partial charge is 0.216 e. The lowest BCUT2D eigenvalue weighted by Crippen LogP contribution is -2.34. The van der Waals surface area contributed by atoms with E-state index in [2.05, 4.69) is 32.6 Å². The van der Waals surface area contributed by atoms with Crippen LogP contribution in [0.25, 0.3) is 11.0 Å². The molecule has 0 aliphatic carbocycles. The number of nitrogens with one attached hydrogen (secondary N) is 1. The number of hydrogen-bond donors (Lipinski definition) is 1. The van der Waals surface area contributed by atoms with Crippen LogP contribution in [0.1, 0.15) is 36.9 Å². The first-order valence-electron chi connectivity index (χ1n) is 9.86. The molecule has 0 spiro atoms. The van der Waals surface area contributed by atoms with Crippen LogP contribution in [0.4, 0.5) is 0 Å². The molecule has 28 heavy (non-hydrogen) atoms. The van der Waals surface area contributed by atoms with Gasteiger partial charge in [0, 0.05) is 62.9 Å². The molecule has 4 rings (SSSR count). The van der Waals surface area contributed by atoms with Crippen molar-refractivity contribution in [1.82, 2.24) is 34.8 Å². The monoisotopic (exact) mass is 381 g/mol. The van der Waals surface area contributed by atoms with Gasteiger partial charge in [0.2, 0.25) is 5.91 Å². The van der Waals surface area contributed by atoms with Crippen molar-refractivity contribution in [3.8, 4) is 0 Å². The van der Waals surface area contributed by atoms with Crippen molar-refractivity contribution in [2.45, 2.75) is 38.8 Å². The number of aryl methyl sites for hydroxylation is 1. The van der Waals surface area contributed by atoms with Crippen molar-refractivity contribution in [2.24, 2.45) is 7.05 Å². The normalized spacial score (nSPS) is 17.9. The van der Waals surface area contributed by atoms with Crippen LogP contribution in [-0.2, 0) is 24.9 Å². The summed E-state index contributed by atoms with van der Waals surface area (Å²) < 4.78 is 3.79. The second kappa shape index (κ2) is 8.10. The van der Waals surface area contributed by atoms with Gasteiger partial charge in [-0.3, -0.25) is 14.4 Å². The van der Waals surface area contributed by atoms with Crippen LogP contribution < -0.4 is 5.32 Å². The lowest BCUT2D eigenvalue weighted by atomic mass is 9.93. The van der Waals surface area contributed by atoms with Crippen molar-refractivity contribution in [3.05, 3.63) is 42.0 Å². The van der Waals surface area contributed by atoms with E-state index in [0.717, 1.165) is 49.2 Å². The second-order valence-electron chi connectivity index (χ2n) is 7.56. The molecule has 148 valence electrons. The third-order valence-electron chi connectivity index (χ3n) is 5.29. The third-order valence-corrected chi connectivity index (χ3v) is 5.29. The molecule has 3 aromatic rings. The molecule has 0 bridgehead atoms. The van der Waals surface area contributed by atoms with Gasteiger partial charge in [-0.05, 0) is 31.5 Å². The summed E-state index contributed by atoms with van der Waals surface area (Å²) in [6.45, 7) is 5.72. The van der Waals surface area contributed by atoms with E-state index in [1.54, 1.807) is 6.20 Å². The minimum Gasteiger partial charge on any atom is -0.354 e. The van der Waals surface area contributed by atoms with Crippen molar-refractivity contribution >= 4 is 16.9 Å². The number of likely N-dealkylation sites (tertiary alicyclic amines) is 1. The Morgan fingerprint density at radius 1 is 1.39 bits per heavy atom. The quantitative estimate of drug-likeness (QED) is 0.703. The number of piperidine rings is 1. The molecule has 1 aliphatic heterocycles. The van der Waals surface area contributed by atoms with Gasteiger partial charge < -0.3 is 5.32 Å². The van der Waals surface area contributed by atoms with Gasteiger partial charge in [-0.15, -0.1) is 0 Å². The third kappa shape index (κ3) is 4.06. The lowest BCUT2D eigenvalue weighted by Gasteiger charge is -2.31. The Kier molecular flexibility index (Phi) is 5.38. The van der Waals surface area contributed by atoms with Gasteiger partial charge in [0.1, 0.15) is 0 Å². The van der Waals surface area contributed by atoms with E-state index in [1.807, 2.05) is 28.7 Å². The molecule has 1 saturated heterocycles. The van der Waals surface area contributed by atoms with Gasteiger partial charge in [0.25, 0.3) is 0 Å². The Morgan fingerprint density at radius 3 is 3.07 bits per heavy atom. The fourth-order valence-corrected chi connectivity index (χ4v) is 4.06. The fraction of sp³-hybridized carbons (Fsp3) is 0.500. The summed E-state index contributed by atoms with van der Waals surface area (Å²) in [6, 6.07) is 4.08. The maximum Gasteiger partial charge on any atom is 0.216 e. The molecule has 0 aromatic carbocycles. The number of carbonyl (C=O) groups excluding carboxylic acids is 1. The van der Waals surface area contributed by atoms with Crippen molar-refractivity contribution < 1.29 is 4.79 Å². The highest BCUT2D eigenvalue weighted by molar-refractivity contribution is 5.79. The molecular formula is C20H27N7O. The van der Waals surface area contributed by atoms with Crippen molar-refractivity contribution in [1.29, 1.82) is 0 Å². The highest BCUT2D eigenvalue weighted by atomic mass is 16.1. The Labute approximate surface area is 164 Å². The van der Waals surface area contributed by atoms with Gasteiger partial charge in [0.15, 0.2) is 5.65 Å². The van der Waals surface area contributed by atoms with E-state index in [0.29, 0.717) is 19.0 Å². The van der Waals surface area contributed by atoms with Gasteiger partial charge >= 0.3 is 0 Å². The largest absolute Gasteiger partial charge is 0.354 e. The number of fused-ring (bicyclic) bond motifs is 1. The molecule has 0 saturated carbocycles. The number of aromatic nitrogens is 5. The molecule has 8 nitrogen and oxygen atoms in total. The number of carbonyl (C=O) groups is 1. The average Bonchev–Trinajstić information content (AvgIpc) is 3.25. The summed E-state index contributed by atoms with van der Waals surface area (Å²) >= 11 is 0. The van der Waals surface area contributed by atoms with Gasteiger partial charge in [-0.1, -0.05) is 0 Å². The number of amides is 1. The first-order valence-corrected chi connectivity index (χ1v) is 9.86. The Bertz CT molecular complexity index is 961. The Morgan fingerprint density at radius 2 is 2.29 bits per heavy atom. The van der Waals surface area contributed by atoms with E-state index in [1.165, 1.54) is 12.5 Å². The van der Waals surface area contributed by atoms with Crippen LogP contribution >= 0.6 is 0 Å². The topological polar surface area (TPSA) is 80.9 Å². The highest BCUT2D eigenvalue weighted by Gasteiger charge is 2.26. The summed E-state index contributed by atoms with van der Waals surface area (Å²) in [5.74, 6) is 0.363. The summed E-state index contributed by atoms with van der Waals surface area (Å²) in [5.41, 5.74) is 3.27. The first-order chi connectivity index (χ1) is 13.6. The summed E-state index contributed by atoms with van der Waals surface area (Å²) in [4.78, 5) is 18.2. The minimum absolute atomic E-state index is 0.0250. The van der Waals surface area contributed by atoms with Gasteiger partial charge in [-0.2, -0.15) is 10.2 Å². The SMILES string of the molecule is CC(=O)NCCn1nc(C2CCCN(Cc3cnn(C)c3)C2)c2cccnc21. The fourth-order valence-electron chi connectivity index (χ4n) is 4.06. The first kappa shape index (κ1) is 18.6. The molecule has 3 aromatic heterocycles. The van der Waals surface area contributed by atoms with E-state index < -0.39 is 0 Å². The molecule has 8 heteroatoms. The number of hydrogen-bond acceptors (Lipinski definition) is 5. The van der Waals surface area contributed by atoms with E-state index >= 15 is 0 Å². The zero-order valence-corrected chi connectivity index (χ0v) is 16.5. The van der Waals surface area contributed by atoms with Crippen LogP contribution in [-0.4, -0.2) is 55.0 Å². The minimum atomic E-state index is -0.0250. The molecule has 1 fully saturated rings. The second-order valence-corrected chi connectivity index (χ2v) is 7.56. The number of rotatable bonds is 6. The molecular weight excluding hydrogens is 354 g/mol. The predicted molar refractivity (Wildman–Crippen MR) is 107 cm³/mol. The van der Waals surface area contributed by atoms with Crippen LogP contribution in [0, 0.1) is 0 Å². The van der Waals surface area contributed by atoms with Crippen LogP contribution in [0.5, 0.6) is 0 Å². The lowest BCUT2D eigenvalue weighted by molar-refractivity contribution is -0.118. The van der Waals surface area contributed by atoms with Crippen LogP contribution in [0.3, 0.4) is 0 Å². The summed E-state index contributed by atoms with van der Waals surface area (Å²) in [6.07, 6.45) is 8.12. The summed E-state index contributed by atoms with van der Waals surface area (Å²) in [5, 5.41) is 13.2. The Hall–Kier alpha value is -2.74. The average molecular weight is 381 g/mol. The highest BCUT2D eigenvalue weighted by Crippen LogP contribution is 2.31. The molecule has 1 aliphatic rings. The van der Waals surface area contributed by atoms with E-state index in [-0.39, 0.29) is 5.91 Å². The zero-order valence-electron chi connectivity index (χ0n) is 16.5. The molecule has 1 atom stereocenters. The Balaban J connectivity index is 1.53. The van der Waals surface area contributed by atoms with Gasteiger partial charge in [-0.25, -0.2) is 9.67 Å².